The molecule has 28 heavy (non-hydrogen) atoms. The highest BCUT2D eigenvalue weighted by molar-refractivity contribution is 8.00. The van der Waals surface area contributed by atoms with Gasteiger partial charge in [0, 0.05) is 40.7 Å². The van der Waals surface area contributed by atoms with E-state index in [1.807, 2.05) is 60.0 Å². The van der Waals surface area contributed by atoms with Gasteiger partial charge in [-0.25, -0.2) is 0 Å². The largest absolute Gasteiger partial charge is 0.497 e. The number of hydrogen-bond acceptors (Lipinski definition) is 5. The van der Waals surface area contributed by atoms with E-state index in [1.54, 1.807) is 13.2 Å². The van der Waals surface area contributed by atoms with E-state index in [9.17, 15) is 9.59 Å². The van der Waals surface area contributed by atoms with E-state index in [0.29, 0.717) is 11.3 Å². The Labute approximate surface area is 174 Å². The summed E-state index contributed by atoms with van der Waals surface area (Å²) in [6, 6.07) is 13.1. The van der Waals surface area contributed by atoms with Crippen molar-refractivity contribution in [1.82, 2.24) is 4.90 Å². The fraction of sp³-hybridized carbons (Fsp3) is 0.333. The number of rotatable bonds is 6. The summed E-state index contributed by atoms with van der Waals surface area (Å²) in [7, 11) is 1.63. The number of amides is 2. The van der Waals surface area contributed by atoms with E-state index in [2.05, 4.69) is 5.32 Å². The van der Waals surface area contributed by atoms with Gasteiger partial charge in [0.05, 0.1) is 12.9 Å². The molecule has 2 aromatic rings. The predicted molar refractivity (Wildman–Crippen MR) is 117 cm³/mol. The van der Waals surface area contributed by atoms with Crippen LogP contribution in [0.1, 0.15) is 15.9 Å². The van der Waals surface area contributed by atoms with Crippen molar-refractivity contribution in [2.75, 3.05) is 42.8 Å². The zero-order valence-electron chi connectivity index (χ0n) is 16.1. The Morgan fingerprint density at radius 1 is 1.14 bits per heavy atom. The maximum Gasteiger partial charge on any atom is 0.253 e. The van der Waals surface area contributed by atoms with Gasteiger partial charge in [-0.05, 0) is 55.0 Å². The number of carbonyl (C=O) groups excluding carboxylic acids is 2. The molecule has 2 aromatic carbocycles. The second kappa shape index (κ2) is 9.89. The maximum atomic E-state index is 12.6. The Morgan fingerprint density at radius 2 is 1.86 bits per heavy atom. The molecule has 1 saturated heterocycles. The van der Waals surface area contributed by atoms with Crippen LogP contribution in [-0.4, -0.2) is 54.2 Å². The Morgan fingerprint density at radius 3 is 2.50 bits per heavy atom. The van der Waals surface area contributed by atoms with Crippen LogP contribution in [0.3, 0.4) is 0 Å². The van der Waals surface area contributed by atoms with Crippen LogP contribution in [0, 0.1) is 6.92 Å². The fourth-order valence-corrected chi connectivity index (χ4v) is 4.49. The van der Waals surface area contributed by atoms with Crippen LogP contribution < -0.4 is 10.1 Å². The minimum Gasteiger partial charge on any atom is -0.497 e. The summed E-state index contributed by atoms with van der Waals surface area (Å²) >= 11 is 3.35. The number of ether oxygens (including phenoxy) is 1. The molecule has 0 unspecified atom stereocenters. The third-order valence-corrected chi connectivity index (χ3v) is 6.43. The number of methoxy groups -OCH3 is 1. The standard InChI is InChI=1S/C21H24N2O3S2/c1-15-13-16(21(25)23-9-11-27-12-10-23)3-8-19(15)22-20(24)14-28-18-6-4-17(26-2)5-7-18/h3-8,13H,9-12,14H2,1-2H3,(H,22,24). The van der Waals surface area contributed by atoms with Crippen LogP contribution in [0.15, 0.2) is 47.4 Å². The first-order valence-electron chi connectivity index (χ1n) is 9.11. The third-order valence-electron chi connectivity index (χ3n) is 4.48. The first-order valence-corrected chi connectivity index (χ1v) is 11.3. The Hall–Kier alpha value is -2.12. The Balaban J connectivity index is 1.56. The van der Waals surface area contributed by atoms with Crippen LogP contribution >= 0.6 is 23.5 Å². The highest BCUT2D eigenvalue weighted by Gasteiger charge is 2.19. The van der Waals surface area contributed by atoms with E-state index < -0.39 is 0 Å². The number of aryl methyl sites for hydroxylation is 1. The molecule has 0 saturated carbocycles. The monoisotopic (exact) mass is 416 g/mol. The van der Waals surface area contributed by atoms with Gasteiger partial charge in [-0.15, -0.1) is 11.8 Å². The van der Waals surface area contributed by atoms with Crippen LogP contribution in [-0.2, 0) is 4.79 Å². The van der Waals surface area contributed by atoms with Gasteiger partial charge >= 0.3 is 0 Å². The molecule has 0 aromatic heterocycles. The summed E-state index contributed by atoms with van der Waals surface area (Å²) in [5.74, 6) is 3.09. The highest BCUT2D eigenvalue weighted by atomic mass is 32.2. The Bertz CT molecular complexity index is 834. The summed E-state index contributed by atoms with van der Waals surface area (Å²) in [6.07, 6.45) is 0. The SMILES string of the molecule is COc1ccc(SCC(=O)Nc2ccc(C(=O)N3CCSCC3)cc2C)cc1. The van der Waals surface area contributed by atoms with Crippen LogP contribution in [0.2, 0.25) is 0 Å². The molecule has 0 spiro atoms. The minimum absolute atomic E-state index is 0.0661. The number of nitrogens with one attached hydrogen (secondary N) is 1. The van der Waals surface area contributed by atoms with Gasteiger partial charge < -0.3 is 15.0 Å². The minimum atomic E-state index is -0.0731. The second-order valence-electron chi connectivity index (χ2n) is 6.45. The molecule has 2 amide bonds. The molecular formula is C21H24N2O3S2. The van der Waals surface area contributed by atoms with Gasteiger partial charge in [-0.1, -0.05) is 0 Å². The molecule has 0 atom stereocenters. The molecule has 1 aliphatic rings. The smallest absolute Gasteiger partial charge is 0.253 e. The quantitative estimate of drug-likeness (QED) is 0.723. The number of anilines is 1. The van der Waals surface area contributed by atoms with Gasteiger partial charge in [0.25, 0.3) is 5.91 Å². The summed E-state index contributed by atoms with van der Waals surface area (Å²) in [5, 5.41) is 2.94. The molecule has 148 valence electrons. The van der Waals surface area contributed by atoms with Crippen molar-refractivity contribution >= 4 is 41.0 Å². The van der Waals surface area contributed by atoms with Crippen LogP contribution in [0.5, 0.6) is 5.75 Å². The summed E-state index contributed by atoms with van der Waals surface area (Å²) in [6.45, 7) is 3.50. The molecule has 0 aliphatic carbocycles. The lowest BCUT2D eigenvalue weighted by Crippen LogP contribution is -2.37. The van der Waals surface area contributed by atoms with Crippen molar-refractivity contribution in [2.24, 2.45) is 0 Å². The molecule has 0 radical (unpaired) electrons. The summed E-state index contributed by atoms with van der Waals surface area (Å²) < 4.78 is 5.14. The zero-order valence-corrected chi connectivity index (χ0v) is 17.7. The van der Waals surface area contributed by atoms with Crippen molar-refractivity contribution in [2.45, 2.75) is 11.8 Å². The van der Waals surface area contributed by atoms with Crippen molar-refractivity contribution in [3.05, 3.63) is 53.6 Å². The predicted octanol–water partition coefficient (Wildman–Crippen LogP) is 3.92. The van der Waals surface area contributed by atoms with E-state index in [-0.39, 0.29) is 11.8 Å². The van der Waals surface area contributed by atoms with E-state index >= 15 is 0 Å². The summed E-state index contributed by atoms with van der Waals surface area (Å²) in [4.78, 5) is 27.8. The zero-order chi connectivity index (χ0) is 19.9. The van der Waals surface area contributed by atoms with Gasteiger partial charge in [0.2, 0.25) is 5.91 Å². The van der Waals surface area contributed by atoms with Crippen molar-refractivity contribution < 1.29 is 14.3 Å². The molecule has 5 nitrogen and oxygen atoms in total. The average Bonchev–Trinajstić information content (AvgIpc) is 2.74. The summed E-state index contributed by atoms with van der Waals surface area (Å²) in [5.41, 5.74) is 2.31. The highest BCUT2D eigenvalue weighted by Crippen LogP contribution is 2.23. The van der Waals surface area contributed by atoms with Gasteiger partial charge in [0.15, 0.2) is 0 Å². The molecule has 1 N–H and O–H groups in total. The first kappa shape index (κ1) is 20.6. The van der Waals surface area contributed by atoms with Gasteiger partial charge in [0.1, 0.15) is 5.75 Å². The number of nitrogens with zero attached hydrogens (tertiary/aromatic N) is 1. The molecule has 3 rings (SSSR count). The van der Waals surface area contributed by atoms with E-state index in [4.69, 9.17) is 4.74 Å². The second-order valence-corrected chi connectivity index (χ2v) is 8.72. The van der Waals surface area contributed by atoms with Crippen LogP contribution in [0.4, 0.5) is 5.69 Å². The van der Waals surface area contributed by atoms with Gasteiger partial charge in [-0.2, -0.15) is 11.8 Å². The number of benzene rings is 2. The first-order chi connectivity index (χ1) is 13.6. The number of hydrogen-bond donors (Lipinski definition) is 1. The van der Waals surface area contributed by atoms with Crippen LogP contribution in [0.25, 0.3) is 0 Å². The Kier molecular flexibility index (Phi) is 7.28. The fourth-order valence-electron chi connectivity index (χ4n) is 2.89. The maximum absolute atomic E-state index is 12.6. The molecule has 0 bridgehead atoms. The number of thioether (sulfide) groups is 2. The molecule has 1 fully saturated rings. The lowest BCUT2D eigenvalue weighted by atomic mass is 10.1. The van der Waals surface area contributed by atoms with Crippen molar-refractivity contribution in [1.29, 1.82) is 0 Å². The lowest BCUT2D eigenvalue weighted by molar-refractivity contribution is -0.113. The van der Waals surface area contributed by atoms with E-state index in [0.717, 1.165) is 46.5 Å². The molecular weight excluding hydrogens is 392 g/mol. The lowest BCUT2D eigenvalue weighted by Gasteiger charge is -2.26. The average molecular weight is 417 g/mol. The normalized spacial score (nSPS) is 13.9. The van der Waals surface area contributed by atoms with Crippen molar-refractivity contribution in [3.63, 3.8) is 0 Å². The van der Waals surface area contributed by atoms with Crippen molar-refractivity contribution in [3.8, 4) is 5.75 Å². The van der Waals surface area contributed by atoms with Gasteiger partial charge in [-0.3, -0.25) is 9.59 Å². The molecule has 1 heterocycles. The number of carbonyl (C=O) groups is 2. The third kappa shape index (κ3) is 5.45. The van der Waals surface area contributed by atoms with E-state index in [1.165, 1.54) is 11.8 Å². The molecule has 1 aliphatic heterocycles. The topological polar surface area (TPSA) is 58.6 Å². The molecule has 7 heteroatoms.